The fourth-order valence-corrected chi connectivity index (χ4v) is 3.15. The van der Waals surface area contributed by atoms with E-state index in [1.165, 1.54) is 18.9 Å². The molecule has 140 valence electrons. The molecule has 0 atom stereocenters. The predicted molar refractivity (Wildman–Crippen MR) is 107 cm³/mol. The van der Waals surface area contributed by atoms with Crippen LogP contribution >= 0.6 is 0 Å². The second-order valence-electron chi connectivity index (χ2n) is 6.63. The number of carbonyl (C=O) groups is 2. The monoisotopic (exact) mass is 364 g/mol. The second-order valence-corrected chi connectivity index (χ2v) is 6.63. The first-order chi connectivity index (χ1) is 13.1. The summed E-state index contributed by atoms with van der Waals surface area (Å²) in [5.74, 6) is 0.426. The lowest BCUT2D eigenvalue weighted by Gasteiger charge is -2.12. The first-order valence-corrected chi connectivity index (χ1v) is 9.18. The third-order valence-corrected chi connectivity index (χ3v) is 4.63. The molecule has 2 N–H and O–H groups in total. The maximum Gasteiger partial charge on any atom is 0.251 e. The van der Waals surface area contributed by atoms with E-state index in [0.29, 0.717) is 11.3 Å². The van der Waals surface area contributed by atoms with Crippen LogP contribution in [0.15, 0.2) is 54.6 Å². The molecule has 3 rings (SSSR count). The van der Waals surface area contributed by atoms with Gasteiger partial charge in [0.2, 0.25) is 5.91 Å². The Bertz CT molecular complexity index is 822. The number of ether oxygens (including phenoxy) is 1. The van der Waals surface area contributed by atoms with E-state index in [0.717, 1.165) is 24.2 Å². The van der Waals surface area contributed by atoms with Gasteiger partial charge in [0.25, 0.3) is 5.91 Å². The predicted octanol–water partition coefficient (Wildman–Crippen LogP) is 4.02. The number of benzene rings is 2. The van der Waals surface area contributed by atoms with Gasteiger partial charge in [-0.3, -0.25) is 9.59 Å². The molecule has 5 nitrogen and oxygen atoms in total. The fourth-order valence-electron chi connectivity index (χ4n) is 3.15. The third kappa shape index (κ3) is 5.45. The van der Waals surface area contributed by atoms with Crippen molar-refractivity contribution < 1.29 is 14.3 Å². The highest BCUT2D eigenvalue weighted by Crippen LogP contribution is 2.19. The van der Waals surface area contributed by atoms with Crippen molar-refractivity contribution >= 4 is 23.6 Å². The minimum absolute atomic E-state index is 0.0910. The molecule has 5 heteroatoms. The van der Waals surface area contributed by atoms with E-state index in [-0.39, 0.29) is 17.9 Å². The zero-order chi connectivity index (χ0) is 19.1. The maximum absolute atomic E-state index is 12.4. The zero-order valence-electron chi connectivity index (χ0n) is 15.4. The number of hydrogen-bond donors (Lipinski definition) is 2. The summed E-state index contributed by atoms with van der Waals surface area (Å²) in [6.45, 7) is 0. The van der Waals surface area contributed by atoms with Crippen LogP contribution in [0.25, 0.3) is 6.08 Å². The number of carbonyl (C=O) groups excluding carboxylic acids is 2. The number of nitrogens with one attached hydrogen (secondary N) is 2. The number of hydrogen-bond acceptors (Lipinski definition) is 3. The summed E-state index contributed by atoms with van der Waals surface area (Å²) in [5, 5.41) is 5.85. The molecule has 0 unspecified atom stereocenters. The van der Waals surface area contributed by atoms with Crippen molar-refractivity contribution in [2.45, 2.75) is 31.7 Å². The largest absolute Gasteiger partial charge is 0.497 e. The summed E-state index contributed by atoms with van der Waals surface area (Å²) < 4.78 is 5.11. The van der Waals surface area contributed by atoms with E-state index < -0.39 is 0 Å². The van der Waals surface area contributed by atoms with E-state index in [4.69, 9.17) is 4.74 Å². The van der Waals surface area contributed by atoms with Crippen LogP contribution in [-0.2, 0) is 4.79 Å². The summed E-state index contributed by atoms with van der Waals surface area (Å²) in [7, 11) is 1.61. The van der Waals surface area contributed by atoms with E-state index in [9.17, 15) is 9.59 Å². The van der Waals surface area contributed by atoms with Gasteiger partial charge in [-0.05, 0) is 54.8 Å². The van der Waals surface area contributed by atoms with Crippen LogP contribution in [0.1, 0.15) is 41.6 Å². The average Bonchev–Trinajstić information content (AvgIpc) is 3.20. The van der Waals surface area contributed by atoms with Gasteiger partial charge in [-0.2, -0.15) is 0 Å². The molecule has 1 aliphatic carbocycles. The fraction of sp³-hybridized carbons (Fsp3) is 0.273. The molecule has 0 aliphatic heterocycles. The van der Waals surface area contributed by atoms with Crippen molar-refractivity contribution in [1.82, 2.24) is 5.32 Å². The molecular formula is C22H24N2O3. The standard InChI is InChI=1S/C22H24N2O3/c1-27-20-12-9-16(10-13-20)11-14-21(25)23-19-8-4-5-17(15-19)22(26)24-18-6-2-3-7-18/h4-5,8-15,18H,2-3,6-7H2,1H3,(H,23,25)(H,24,26)/b14-11+. The molecule has 0 bridgehead atoms. The maximum atomic E-state index is 12.4. The Labute approximate surface area is 159 Å². The summed E-state index contributed by atoms with van der Waals surface area (Å²) in [6.07, 6.45) is 7.61. The molecule has 0 radical (unpaired) electrons. The average molecular weight is 364 g/mol. The van der Waals surface area contributed by atoms with Gasteiger partial charge in [-0.1, -0.05) is 31.0 Å². The Morgan fingerprint density at radius 3 is 2.52 bits per heavy atom. The Morgan fingerprint density at radius 2 is 1.81 bits per heavy atom. The van der Waals surface area contributed by atoms with Crippen molar-refractivity contribution in [2.75, 3.05) is 12.4 Å². The molecule has 0 saturated heterocycles. The molecule has 0 heterocycles. The van der Waals surface area contributed by atoms with Gasteiger partial charge >= 0.3 is 0 Å². The molecule has 0 aromatic heterocycles. The first-order valence-electron chi connectivity index (χ1n) is 9.18. The quantitative estimate of drug-likeness (QED) is 0.761. The minimum atomic E-state index is -0.251. The normalized spacial score (nSPS) is 14.3. The van der Waals surface area contributed by atoms with Crippen molar-refractivity contribution in [1.29, 1.82) is 0 Å². The van der Waals surface area contributed by atoms with Crippen molar-refractivity contribution in [3.63, 3.8) is 0 Å². The molecular weight excluding hydrogens is 340 g/mol. The van der Waals surface area contributed by atoms with Crippen LogP contribution in [0.3, 0.4) is 0 Å². The SMILES string of the molecule is COc1ccc(/C=C/C(=O)Nc2cccc(C(=O)NC3CCCC3)c2)cc1. The molecule has 27 heavy (non-hydrogen) atoms. The molecule has 1 fully saturated rings. The van der Waals surface area contributed by atoms with Crippen LogP contribution in [0.2, 0.25) is 0 Å². The summed E-state index contributed by atoms with van der Waals surface area (Å²) in [4.78, 5) is 24.5. The minimum Gasteiger partial charge on any atom is -0.497 e. The molecule has 1 aliphatic rings. The van der Waals surface area contributed by atoms with Gasteiger partial charge < -0.3 is 15.4 Å². The highest BCUT2D eigenvalue weighted by molar-refractivity contribution is 6.03. The Hall–Kier alpha value is -3.08. The number of anilines is 1. The molecule has 2 amide bonds. The molecule has 1 saturated carbocycles. The Kier molecular flexibility index (Phi) is 6.26. The molecule has 2 aromatic rings. The lowest BCUT2D eigenvalue weighted by molar-refractivity contribution is -0.111. The third-order valence-electron chi connectivity index (χ3n) is 4.63. The van der Waals surface area contributed by atoms with Gasteiger partial charge in [-0.25, -0.2) is 0 Å². The smallest absolute Gasteiger partial charge is 0.251 e. The van der Waals surface area contributed by atoms with E-state index in [1.54, 1.807) is 37.5 Å². The second kappa shape index (κ2) is 9.03. The van der Waals surface area contributed by atoms with Gasteiger partial charge in [0.1, 0.15) is 5.75 Å². The summed E-state index contributed by atoms with van der Waals surface area (Å²) in [6, 6.07) is 14.7. The molecule has 0 spiro atoms. The van der Waals surface area contributed by atoms with Crippen molar-refractivity contribution in [3.05, 3.63) is 65.7 Å². The Morgan fingerprint density at radius 1 is 1.07 bits per heavy atom. The lowest BCUT2D eigenvalue weighted by atomic mass is 10.1. The van der Waals surface area contributed by atoms with Gasteiger partial charge in [0.15, 0.2) is 0 Å². The van der Waals surface area contributed by atoms with E-state index in [2.05, 4.69) is 10.6 Å². The van der Waals surface area contributed by atoms with Crippen LogP contribution in [0.4, 0.5) is 5.69 Å². The summed E-state index contributed by atoms with van der Waals surface area (Å²) >= 11 is 0. The van der Waals surface area contributed by atoms with Gasteiger partial charge in [0.05, 0.1) is 7.11 Å². The van der Waals surface area contributed by atoms with Gasteiger partial charge in [0, 0.05) is 23.4 Å². The van der Waals surface area contributed by atoms with E-state index >= 15 is 0 Å². The highest BCUT2D eigenvalue weighted by atomic mass is 16.5. The van der Waals surface area contributed by atoms with Gasteiger partial charge in [-0.15, -0.1) is 0 Å². The van der Waals surface area contributed by atoms with Crippen LogP contribution in [0, 0.1) is 0 Å². The highest BCUT2D eigenvalue weighted by Gasteiger charge is 2.18. The number of amides is 2. The van der Waals surface area contributed by atoms with Crippen LogP contribution < -0.4 is 15.4 Å². The van der Waals surface area contributed by atoms with Crippen molar-refractivity contribution in [3.8, 4) is 5.75 Å². The summed E-state index contributed by atoms with van der Waals surface area (Å²) in [5.41, 5.74) is 2.05. The number of methoxy groups -OCH3 is 1. The van der Waals surface area contributed by atoms with Crippen LogP contribution in [-0.4, -0.2) is 25.0 Å². The topological polar surface area (TPSA) is 67.4 Å². The zero-order valence-corrected chi connectivity index (χ0v) is 15.4. The van der Waals surface area contributed by atoms with E-state index in [1.807, 2.05) is 24.3 Å². The number of rotatable bonds is 6. The lowest BCUT2D eigenvalue weighted by Crippen LogP contribution is -2.32. The Balaban J connectivity index is 1.58. The molecule has 2 aromatic carbocycles. The first kappa shape index (κ1) is 18.7. The van der Waals surface area contributed by atoms with Crippen molar-refractivity contribution in [2.24, 2.45) is 0 Å². The van der Waals surface area contributed by atoms with Crippen LogP contribution in [0.5, 0.6) is 5.75 Å².